The summed E-state index contributed by atoms with van der Waals surface area (Å²) in [5, 5.41) is 0. The fourth-order valence-electron chi connectivity index (χ4n) is 4.32. The van der Waals surface area contributed by atoms with Crippen LogP contribution in [0.4, 0.5) is 0 Å². The Labute approximate surface area is 171 Å². The zero-order chi connectivity index (χ0) is 18.3. The molecular formula is C21H25Cl2GeHf. The van der Waals surface area contributed by atoms with Gasteiger partial charge < -0.3 is 0 Å². The third-order valence-electron chi connectivity index (χ3n) is 5.46. The van der Waals surface area contributed by atoms with E-state index in [1.165, 1.54) is 36.8 Å². The Morgan fingerprint density at radius 1 is 1.24 bits per heavy atom. The Morgan fingerprint density at radius 3 is 2.48 bits per heavy atom. The second-order valence-corrected chi connectivity index (χ2v) is 24.0. The molecule has 3 aliphatic carbocycles. The van der Waals surface area contributed by atoms with Crippen LogP contribution in [0.15, 0.2) is 67.1 Å². The van der Waals surface area contributed by atoms with Crippen LogP contribution in [0.3, 0.4) is 0 Å². The van der Waals surface area contributed by atoms with Crippen LogP contribution in [0.1, 0.15) is 33.6 Å². The van der Waals surface area contributed by atoms with Crippen LogP contribution in [-0.2, 0) is 19.1 Å². The van der Waals surface area contributed by atoms with Crippen LogP contribution in [0.2, 0.25) is 11.5 Å². The fourth-order valence-corrected chi connectivity index (χ4v) is 14.3. The van der Waals surface area contributed by atoms with Gasteiger partial charge in [0.05, 0.1) is 0 Å². The molecule has 0 aromatic rings. The van der Waals surface area contributed by atoms with E-state index in [1.54, 1.807) is 4.35 Å². The third-order valence-corrected chi connectivity index (χ3v) is 15.6. The number of allylic oxidation sites excluding steroid dienone is 12. The summed E-state index contributed by atoms with van der Waals surface area (Å²) < 4.78 is 3.01. The molecule has 0 aromatic heterocycles. The van der Waals surface area contributed by atoms with Crippen molar-refractivity contribution < 1.29 is 19.1 Å². The predicted molar refractivity (Wildman–Crippen MR) is 111 cm³/mol. The molecule has 0 saturated heterocycles. The van der Waals surface area contributed by atoms with E-state index in [-0.39, 0.29) is 0 Å². The third kappa shape index (κ3) is 3.56. The van der Waals surface area contributed by atoms with Crippen molar-refractivity contribution in [1.29, 1.82) is 0 Å². The first kappa shape index (κ1) is 20.0. The Bertz CT molecular complexity index is 828. The quantitative estimate of drug-likeness (QED) is 0.313. The molecule has 1 unspecified atom stereocenters. The molecule has 0 spiro atoms. The Balaban J connectivity index is 2.33. The standard InChI is InChI=1S/C21H25Ge.2ClH.Hf/c1-6-16-13-17-10-8-12-19(22(4)5)15(3)20(17)21(16)18-11-7-9-14(18)2;;;/h7-10,12,15H,6,11H2,1-5H3;2*1H;/q;;;+2/p-2. The van der Waals surface area contributed by atoms with Crippen molar-refractivity contribution in [1.82, 2.24) is 0 Å². The van der Waals surface area contributed by atoms with Crippen molar-refractivity contribution in [2.45, 2.75) is 45.1 Å². The van der Waals surface area contributed by atoms with E-state index in [0.29, 0.717) is 5.92 Å². The van der Waals surface area contributed by atoms with Crippen LogP contribution < -0.4 is 0 Å². The maximum atomic E-state index is 6.69. The molecule has 1 atom stereocenters. The molecule has 0 bridgehead atoms. The van der Waals surface area contributed by atoms with Crippen LogP contribution in [0.25, 0.3) is 0 Å². The summed E-state index contributed by atoms with van der Waals surface area (Å²) in [6, 6.07) is 0. The van der Waals surface area contributed by atoms with Gasteiger partial charge in [0.1, 0.15) is 0 Å². The summed E-state index contributed by atoms with van der Waals surface area (Å²) in [4.78, 5) is 0. The monoisotopic (exact) mass is 601 g/mol. The first-order valence-electron chi connectivity index (χ1n) is 8.97. The van der Waals surface area contributed by atoms with Crippen molar-refractivity contribution in [3.63, 3.8) is 0 Å². The molecule has 0 fully saturated rings. The minimum absolute atomic E-state index is 0.476. The SMILES string of the molecule is CCC1=[C]([Hf]([Cl])[Cl])C2=CC=C[C](=[Ge]([CH3])[CH3])C(C)C2=C1C1=C(C)C=CC1. The van der Waals surface area contributed by atoms with E-state index in [4.69, 9.17) is 17.2 Å². The van der Waals surface area contributed by atoms with Gasteiger partial charge in [-0.25, -0.2) is 0 Å². The topological polar surface area (TPSA) is 0 Å². The summed E-state index contributed by atoms with van der Waals surface area (Å²) in [5.41, 5.74) is 8.72. The van der Waals surface area contributed by atoms with Crippen LogP contribution in [0, 0.1) is 5.92 Å². The molecular weight excluding hydrogens is 574 g/mol. The summed E-state index contributed by atoms with van der Waals surface area (Å²) in [6.45, 7) is 6.90. The summed E-state index contributed by atoms with van der Waals surface area (Å²) in [6.07, 6.45) is 13.5. The van der Waals surface area contributed by atoms with Crippen molar-refractivity contribution >= 4 is 35.4 Å². The molecule has 0 aliphatic heterocycles. The fraction of sp³-hybridized carbons (Fsp3) is 0.381. The molecule has 25 heavy (non-hydrogen) atoms. The predicted octanol–water partition coefficient (Wildman–Crippen LogP) is 6.80. The van der Waals surface area contributed by atoms with Crippen molar-refractivity contribution in [2.75, 3.05) is 0 Å². The average Bonchev–Trinajstić information content (AvgIpc) is 3.05. The molecule has 3 rings (SSSR count). The summed E-state index contributed by atoms with van der Waals surface area (Å²) >= 11 is -3.89. The second kappa shape index (κ2) is 8.12. The average molecular weight is 599 g/mol. The van der Waals surface area contributed by atoms with Gasteiger partial charge in [0.15, 0.2) is 0 Å². The van der Waals surface area contributed by atoms with Gasteiger partial charge in [0.2, 0.25) is 0 Å². The van der Waals surface area contributed by atoms with Crippen LogP contribution in [-0.4, -0.2) is 18.3 Å². The Kier molecular flexibility index (Phi) is 6.52. The molecule has 3 aliphatic rings. The second-order valence-electron chi connectivity index (χ2n) is 7.14. The van der Waals surface area contributed by atoms with Gasteiger partial charge in [-0.15, -0.1) is 0 Å². The van der Waals surface area contributed by atoms with Gasteiger partial charge in [-0.1, -0.05) is 0 Å². The summed E-state index contributed by atoms with van der Waals surface area (Å²) in [5.74, 6) is 5.39. The number of rotatable bonds is 3. The molecule has 0 radical (unpaired) electrons. The van der Waals surface area contributed by atoms with Gasteiger partial charge >= 0.3 is 173 Å². The zero-order valence-electron chi connectivity index (χ0n) is 15.6. The Morgan fingerprint density at radius 2 is 1.96 bits per heavy atom. The van der Waals surface area contributed by atoms with Crippen LogP contribution in [0.5, 0.6) is 0 Å². The first-order chi connectivity index (χ1) is 11.9. The van der Waals surface area contributed by atoms with Gasteiger partial charge in [-0.2, -0.15) is 0 Å². The van der Waals surface area contributed by atoms with Gasteiger partial charge in [0.25, 0.3) is 0 Å². The number of fused-ring (bicyclic) bond motifs is 1. The molecule has 0 amide bonds. The first-order valence-corrected chi connectivity index (χ1v) is 24.9. The zero-order valence-corrected chi connectivity index (χ0v) is 22.8. The minimum atomic E-state index is -2.73. The molecule has 0 saturated carbocycles. The molecule has 131 valence electrons. The number of hydrogen-bond acceptors (Lipinski definition) is 0. The van der Waals surface area contributed by atoms with Crippen molar-refractivity contribution in [3.05, 3.63) is 67.1 Å². The normalized spacial score (nSPS) is 22.8. The van der Waals surface area contributed by atoms with Gasteiger partial charge in [-0.3, -0.25) is 0 Å². The van der Waals surface area contributed by atoms with E-state index < -0.39 is 33.0 Å². The maximum absolute atomic E-state index is 6.69. The van der Waals surface area contributed by atoms with E-state index >= 15 is 0 Å². The van der Waals surface area contributed by atoms with Crippen molar-refractivity contribution in [3.8, 4) is 0 Å². The molecule has 0 aromatic carbocycles. The van der Waals surface area contributed by atoms with E-state index in [0.717, 1.165) is 12.8 Å². The number of hydrogen-bond donors (Lipinski definition) is 0. The van der Waals surface area contributed by atoms with E-state index in [9.17, 15) is 0 Å². The molecule has 4 heteroatoms. The summed E-state index contributed by atoms with van der Waals surface area (Å²) in [7, 11) is 13.4. The Hall–Kier alpha value is 0.303. The molecule has 0 nitrogen and oxygen atoms in total. The molecule has 0 N–H and O–H groups in total. The van der Waals surface area contributed by atoms with E-state index in [1.807, 2.05) is 0 Å². The van der Waals surface area contributed by atoms with E-state index in [2.05, 4.69) is 62.7 Å². The number of halogens is 2. The van der Waals surface area contributed by atoms with Gasteiger partial charge in [-0.05, 0) is 0 Å². The van der Waals surface area contributed by atoms with Crippen molar-refractivity contribution in [2.24, 2.45) is 5.92 Å². The van der Waals surface area contributed by atoms with Crippen LogP contribution >= 0.6 is 17.2 Å². The van der Waals surface area contributed by atoms with Gasteiger partial charge in [0, 0.05) is 0 Å². The molecule has 0 heterocycles.